The van der Waals surface area contributed by atoms with Crippen molar-refractivity contribution in [3.8, 4) is 0 Å². The third-order valence-corrected chi connectivity index (χ3v) is 8.41. The van der Waals surface area contributed by atoms with Crippen molar-refractivity contribution in [1.29, 1.82) is 0 Å². The third-order valence-electron chi connectivity index (χ3n) is 5.89. The minimum absolute atomic E-state index is 0.0732. The van der Waals surface area contributed by atoms with Crippen LogP contribution >= 0.6 is 23.2 Å². The maximum atomic E-state index is 13.8. The number of benzene rings is 2. The van der Waals surface area contributed by atoms with Gasteiger partial charge in [-0.05, 0) is 56.0 Å². The Morgan fingerprint density at radius 1 is 1.00 bits per heavy atom. The van der Waals surface area contributed by atoms with Crippen molar-refractivity contribution in [1.82, 2.24) is 14.5 Å². The molecule has 11 heteroatoms. The van der Waals surface area contributed by atoms with Gasteiger partial charge in [-0.1, -0.05) is 55.2 Å². The van der Waals surface area contributed by atoms with Crippen molar-refractivity contribution < 1.29 is 18.0 Å². The SMILES string of the molecule is Cc1ccc(C)c(N(CC(=O)N(Cc2c(Cl)cccc2Cl)[C@H](C)C(=O)NCC(C)C)S(=O)(=O)N(C)C)c1. The lowest BCUT2D eigenvalue weighted by molar-refractivity contribution is -0.139. The molecule has 8 nitrogen and oxygen atoms in total. The molecule has 0 saturated carbocycles. The Morgan fingerprint density at radius 2 is 1.59 bits per heavy atom. The summed E-state index contributed by atoms with van der Waals surface area (Å²) in [6.45, 7) is 8.99. The van der Waals surface area contributed by atoms with E-state index in [2.05, 4.69) is 5.32 Å². The Balaban J connectivity index is 2.55. The van der Waals surface area contributed by atoms with Gasteiger partial charge in [0.1, 0.15) is 12.6 Å². The maximum Gasteiger partial charge on any atom is 0.304 e. The first-order chi connectivity index (χ1) is 17.2. The second kappa shape index (κ2) is 13.0. The molecule has 0 aliphatic carbocycles. The Kier molecular flexibility index (Phi) is 10.8. The molecule has 0 unspecified atom stereocenters. The molecule has 204 valence electrons. The fourth-order valence-corrected chi connectivity index (χ4v) is 5.21. The summed E-state index contributed by atoms with van der Waals surface area (Å²) < 4.78 is 28.8. The van der Waals surface area contributed by atoms with Crippen molar-refractivity contribution in [3.05, 3.63) is 63.1 Å². The second-order valence-corrected chi connectivity index (χ2v) is 12.5. The molecule has 0 aromatic heterocycles. The highest BCUT2D eigenvalue weighted by atomic mass is 35.5. The van der Waals surface area contributed by atoms with E-state index in [1.807, 2.05) is 26.8 Å². The number of halogens is 2. The number of nitrogens with one attached hydrogen (secondary N) is 1. The maximum absolute atomic E-state index is 13.8. The van der Waals surface area contributed by atoms with E-state index in [1.165, 1.54) is 19.0 Å². The molecule has 0 aliphatic heterocycles. The highest BCUT2D eigenvalue weighted by molar-refractivity contribution is 7.90. The average Bonchev–Trinajstić information content (AvgIpc) is 2.81. The minimum atomic E-state index is -4.05. The molecule has 2 amide bonds. The molecule has 0 saturated heterocycles. The van der Waals surface area contributed by atoms with E-state index in [4.69, 9.17) is 23.2 Å². The Bertz CT molecular complexity index is 1210. The summed E-state index contributed by atoms with van der Waals surface area (Å²) >= 11 is 12.8. The molecule has 0 radical (unpaired) electrons. The number of hydrogen-bond acceptors (Lipinski definition) is 4. The molecule has 2 rings (SSSR count). The smallest absolute Gasteiger partial charge is 0.304 e. The minimum Gasteiger partial charge on any atom is -0.354 e. The van der Waals surface area contributed by atoms with Gasteiger partial charge in [0.05, 0.1) is 5.69 Å². The number of anilines is 1. The zero-order chi connectivity index (χ0) is 28.1. The zero-order valence-corrected chi connectivity index (χ0v) is 24.7. The highest BCUT2D eigenvalue weighted by Gasteiger charge is 2.33. The van der Waals surface area contributed by atoms with Crippen molar-refractivity contribution in [3.63, 3.8) is 0 Å². The van der Waals surface area contributed by atoms with Gasteiger partial charge in [0.25, 0.3) is 0 Å². The topological polar surface area (TPSA) is 90.0 Å². The van der Waals surface area contributed by atoms with Crippen LogP contribution in [0.5, 0.6) is 0 Å². The fraction of sp³-hybridized carbons (Fsp3) is 0.462. The van der Waals surface area contributed by atoms with Crippen molar-refractivity contribution in [2.24, 2.45) is 5.92 Å². The van der Waals surface area contributed by atoms with Crippen LogP contribution in [0.25, 0.3) is 0 Å². The Hall–Kier alpha value is -2.33. The van der Waals surface area contributed by atoms with Crippen LogP contribution in [0.4, 0.5) is 5.69 Å². The summed E-state index contributed by atoms with van der Waals surface area (Å²) in [6.07, 6.45) is 0. The van der Waals surface area contributed by atoms with Gasteiger partial charge >= 0.3 is 10.2 Å². The largest absolute Gasteiger partial charge is 0.354 e. The highest BCUT2D eigenvalue weighted by Crippen LogP contribution is 2.28. The van der Waals surface area contributed by atoms with Crippen LogP contribution in [0, 0.1) is 19.8 Å². The van der Waals surface area contributed by atoms with Gasteiger partial charge in [-0.3, -0.25) is 9.59 Å². The van der Waals surface area contributed by atoms with E-state index in [0.717, 1.165) is 14.2 Å². The first-order valence-corrected chi connectivity index (χ1v) is 14.1. The van der Waals surface area contributed by atoms with Crippen molar-refractivity contribution in [2.75, 3.05) is 31.5 Å². The summed E-state index contributed by atoms with van der Waals surface area (Å²) in [5.41, 5.74) is 2.38. The predicted octanol–water partition coefficient (Wildman–Crippen LogP) is 4.41. The van der Waals surface area contributed by atoms with Crippen LogP contribution in [0.1, 0.15) is 37.5 Å². The molecular formula is C26H36Cl2N4O4S. The third kappa shape index (κ3) is 7.83. The van der Waals surface area contributed by atoms with E-state index >= 15 is 0 Å². The molecule has 0 heterocycles. The fourth-order valence-electron chi connectivity index (χ4n) is 3.58. The summed E-state index contributed by atoms with van der Waals surface area (Å²) in [4.78, 5) is 28.2. The summed E-state index contributed by atoms with van der Waals surface area (Å²) in [6, 6.07) is 9.45. The standard InChI is InChI=1S/C26H36Cl2N4O4S/c1-17(2)14-29-26(34)20(5)31(15-21-22(27)9-8-10-23(21)28)25(33)16-32(37(35,36)30(6)7)24-13-18(3)11-12-19(24)4/h8-13,17,20H,14-16H2,1-7H3,(H,29,34)/t20-/m1/s1. The number of carbonyl (C=O) groups excluding carboxylic acids is 2. The number of aryl methyl sites for hydroxylation is 2. The van der Waals surface area contributed by atoms with Gasteiger partial charge in [0, 0.05) is 42.8 Å². The molecule has 1 atom stereocenters. The quantitative estimate of drug-likeness (QED) is 0.433. The van der Waals surface area contributed by atoms with Gasteiger partial charge in [-0.2, -0.15) is 12.7 Å². The number of nitrogens with zero attached hydrogens (tertiary/aromatic N) is 3. The van der Waals surface area contributed by atoms with Crippen LogP contribution in [-0.4, -0.2) is 62.7 Å². The number of hydrogen-bond donors (Lipinski definition) is 1. The lowest BCUT2D eigenvalue weighted by Crippen LogP contribution is -2.52. The molecule has 0 fully saturated rings. The van der Waals surface area contributed by atoms with Crippen LogP contribution in [0.15, 0.2) is 36.4 Å². The Morgan fingerprint density at radius 3 is 2.14 bits per heavy atom. The molecule has 0 aliphatic rings. The summed E-state index contributed by atoms with van der Waals surface area (Å²) in [5.74, 6) is -0.725. The van der Waals surface area contributed by atoms with Crippen LogP contribution < -0.4 is 9.62 Å². The van der Waals surface area contributed by atoms with E-state index in [1.54, 1.807) is 44.2 Å². The lowest BCUT2D eigenvalue weighted by atomic mass is 10.1. The first-order valence-electron chi connectivity index (χ1n) is 11.9. The molecule has 2 aromatic carbocycles. The molecule has 0 bridgehead atoms. The van der Waals surface area contributed by atoms with E-state index in [-0.39, 0.29) is 18.4 Å². The van der Waals surface area contributed by atoms with Crippen molar-refractivity contribution >= 4 is 50.9 Å². The second-order valence-electron chi connectivity index (χ2n) is 9.62. The van der Waals surface area contributed by atoms with Gasteiger partial charge in [0.2, 0.25) is 11.8 Å². The lowest BCUT2D eigenvalue weighted by Gasteiger charge is -2.33. The summed E-state index contributed by atoms with van der Waals surface area (Å²) in [7, 11) is -1.24. The summed E-state index contributed by atoms with van der Waals surface area (Å²) in [5, 5.41) is 3.52. The van der Waals surface area contributed by atoms with Crippen LogP contribution in [-0.2, 0) is 26.3 Å². The van der Waals surface area contributed by atoms with Crippen molar-refractivity contribution in [2.45, 2.75) is 47.2 Å². The van der Waals surface area contributed by atoms with Crippen LogP contribution in [0.3, 0.4) is 0 Å². The monoisotopic (exact) mass is 570 g/mol. The number of amides is 2. The normalized spacial score (nSPS) is 12.5. The van der Waals surface area contributed by atoms with Gasteiger partial charge in [-0.25, -0.2) is 4.31 Å². The molecule has 0 spiro atoms. The number of rotatable bonds is 11. The number of carbonyl (C=O) groups is 2. The van der Waals surface area contributed by atoms with Gasteiger partial charge in [0.15, 0.2) is 0 Å². The predicted molar refractivity (Wildman–Crippen MR) is 150 cm³/mol. The zero-order valence-electron chi connectivity index (χ0n) is 22.4. The Labute approximate surface area is 230 Å². The van der Waals surface area contributed by atoms with Crippen LogP contribution in [0.2, 0.25) is 10.0 Å². The molecule has 1 N–H and O–H groups in total. The molecule has 2 aromatic rings. The molecular weight excluding hydrogens is 535 g/mol. The average molecular weight is 572 g/mol. The van der Waals surface area contributed by atoms with Gasteiger partial charge in [-0.15, -0.1) is 0 Å². The molecule has 37 heavy (non-hydrogen) atoms. The van der Waals surface area contributed by atoms with E-state index in [0.29, 0.717) is 33.4 Å². The van der Waals surface area contributed by atoms with E-state index in [9.17, 15) is 18.0 Å². The van der Waals surface area contributed by atoms with E-state index < -0.39 is 28.7 Å². The first kappa shape index (κ1) is 30.9. The van der Waals surface area contributed by atoms with Gasteiger partial charge < -0.3 is 10.2 Å².